The van der Waals surface area contributed by atoms with Crippen molar-refractivity contribution in [1.82, 2.24) is 15.0 Å². The molecule has 0 unspecified atom stereocenters. The van der Waals surface area contributed by atoms with Gasteiger partial charge in [0.05, 0.1) is 0 Å². The molecule has 0 saturated heterocycles. The summed E-state index contributed by atoms with van der Waals surface area (Å²) in [6.45, 7) is 6.64. The van der Waals surface area contributed by atoms with Gasteiger partial charge in [0, 0.05) is 32.5 Å². The monoisotopic (exact) mass is 668 g/mol. The topological polar surface area (TPSA) is 38.7 Å². The number of fused-ring (bicyclic) bond motifs is 3. The maximum absolute atomic E-state index is 4.71. The molecule has 3 nitrogen and oxygen atoms in total. The number of aryl methyl sites for hydroxylation is 2. The normalized spacial score (nSPS) is 12.8. The minimum atomic E-state index is 0. The molecule has 6 rings (SSSR count). The Hall–Kier alpha value is -2.72. The second kappa shape index (κ2) is 11.6. The summed E-state index contributed by atoms with van der Waals surface area (Å²) < 4.78 is 1.31. The molecule has 1 aliphatic carbocycles. The summed E-state index contributed by atoms with van der Waals surface area (Å²) in [4.78, 5) is 14.8. The van der Waals surface area contributed by atoms with Crippen LogP contribution in [0.3, 0.4) is 0 Å². The Morgan fingerprint density at radius 2 is 1.69 bits per heavy atom. The fourth-order valence-electron chi connectivity index (χ4n) is 4.36. The van der Waals surface area contributed by atoms with Crippen LogP contribution in [0.15, 0.2) is 73.2 Å². The van der Waals surface area contributed by atoms with Crippen LogP contribution in [0.4, 0.5) is 0 Å². The molecule has 0 spiro atoms. The van der Waals surface area contributed by atoms with Gasteiger partial charge in [-0.1, -0.05) is 56.0 Å². The molecule has 0 fully saturated rings. The number of rotatable bonds is 2. The van der Waals surface area contributed by atoms with Crippen molar-refractivity contribution in [2.45, 2.75) is 51.9 Å². The molecule has 0 aliphatic heterocycles. The van der Waals surface area contributed by atoms with E-state index in [2.05, 4.69) is 55.1 Å². The molecule has 4 heterocycles. The fraction of sp³-hybridized carbons (Fsp3) is 0.258. The van der Waals surface area contributed by atoms with E-state index in [-0.39, 0.29) is 25.5 Å². The first-order valence-electron chi connectivity index (χ1n) is 12.2. The van der Waals surface area contributed by atoms with Crippen LogP contribution in [0.2, 0.25) is 0 Å². The van der Waals surface area contributed by atoms with Crippen molar-refractivity contribution in [2.24, 2.45) is 0 Å². The predicted octanol–water partition coefficient (Wildman–Crippen LogP) is 7.88. The Kier molecular flexibility index (Phi) is 8.46. The Morgan fingerprint density at radius 3 is 2.39 bits per heavy atom. The average molecular weight is 668 g/mol. The van der Waals surface area contributed by atoms with Gasteiger partial charge in [-0.25, -0.2) is 0 Å². The third-order valence-corrected chi connectivity index (χ3v) is 7.67. The number of hydrogen-bond acceptors (Lipinski definition) is 4. The molecule has 0 N–H and O–H groups in total. The number of nitrogens with zero attached hydrogens (tertiary/aromatic N) is 3. The van der Waals surface area contributed by atoms with Crippen LogP contribution < -0.4 is 0 Å². The molecule has 1 radical (unpaired) electrons. The minimum absolute atomic E-state index is 0. The molecule has 185 valence electrons. The van der Waals surface area contributed by atoms with E-state index in [1.54, 1.807) is 11.1 Å². The van der Waals surface area contributed by atoms with Gasteiger partial charge in [-0.05, 0) is 81.7 Å². The van der Waals surface area contributed by atoms with Crippen LogP contribution in [0, 0.1) is 12.3 Å². The van der Waals surface area contributed by atoms with Crippen LogP contribution in [0.5, 0.6) is 0 Å². The first-order chi connectivity index (χ1) is 17.0. The van der Waals surface area contributed by atoms with Gasteiger partial charge in [0.25, 0.3) is 0 Å². The predicted molar refractivity (Wildman–Crippen MR) is 146 cm³/mol. The number of benzene rings is 1. The largest absolute Gasteiger partial charge is 0.359 e. The van der Waals surface area contributed by atoms with E-state index in [4.69, 9.17) is 4.98 Å². The summed E-state index contributed by atoms with van der Waals surface area (Å²) in [5.41, 5.74) is 6.95. The Morgan fingerprint density at radius 1 is 0.861 bits per heavy atom. The number of pyridine rings is 3. The van der Waals surface area contributed by atoms with E-state index < -0.39 is 0 Å². The van der Waals surface area contributed by atoms with Crippen LogP contribution in [-0.4, -0.2) is 15.0 Å². The smallest absolute Gasteiger partial charge is 0.0198 e. The van der Waals surface area contributed by atoms with Crippen molar-refractivity contribution in [1.29, 1.82) is 0 Å². The second-order valence-electron chi connectivity index (χ2n) is 9.87. The molecule has 5 aromatic rings. The summed E-state index contributed by atoms with van der Waals surface area (Å²) in [5, 5.41) is 1.32. The van der Waals surface area contributed by atoms with E-state index in [0.29, 0.717) is 0 Å². The van der Waals surface area contributed by atoms with E-state index in [0.717, 1.165) is 22.5 Å². The maximum atomic E-state index is 4.71. The van der Waals surface area contributed by atoms with Crippen molar-refractivity contribution >= 4 is 21.4 Å². The summed E-state index contributed by atoms with van der Waals surface area (Å²) in [6, 6.07) is 21.1. The van der Waals surface area contributed by atoms with Crippen LogP contribution in [-0.2, 0) is 38.4 Å². The van der Waals surface area contributed by atoms with E-state index in [1.165, 1.54) is 46.9 Å². The van der Waals surface area contributed by atoms with Gasteiger partial charge in [0.15, 0.2) is 0 Å². The van der Waals surface area contributed by atoms with Crippen LogP contribution in [0.1, 0.15) is 49.6 Å². The third-order valence-electron chi connectivity index (χ3n) is 6.34. The summed E-state index contributed by atoms with van der Waals surface area (Å²) in [6.07, 6.45) is 14.0. The van der Waals surface area contributed by atoms with Gasteiger partial charge in [-0.2, -0.15) is 11.3 Å². The Bertz CT molecular complexity index is 1370. The Balaban J connectivity index is 0.000000198. The quantitative estimate of drug-likeness (QED) is 0.180. The van der Waals surface area contributed by atoms with Crippen molar-refractivity contribution in [3.05, 3.63) is 101 Å². The van der Waals surface area contributed by atoms with Crippen molar-refractivity contribution < 1.29 is 20.1 Å². The molecular formula is C31H29IrN3S-2. The fourth-order valence-corrected chi connectivity index (χ4v) is 5.72. The summed E-state index contributed by atoms with van der Waals surface area (Å²) in [7, 11) is 0. The molecule has 36 heavy (non-hydrogen) atoms. The second-order valence-corrected chi connectivity index (χ2v) is 11.0. The number of aromatic nitrogens is 3. The van der Waals surface area contributed by atoms with Crippen molar-refractivity contribution in [3.63, 3.8) is 0 Å². The number of hydrogen-bond donors (Lipinski definition) is 0. The van der Waals surface area contributed by atoms with Crippen LogP contribution >= 0.6 is 11.3 Å². The third kappa shape index (κ3) is 5.81. The summed E-state index contributed by atoms with van der Waals surface area (Å²) in [5.74, 6) is 0. The molecule has 1 aliphatic rings. The zero-order valence-electron chi connectivity index (χ0n) is 20.8. The molecule has 0 atom stereocenters. The van der Waals surface area contributed by atoms with E-state index >= 15 is 0 Å². The number of thiophene rings is 1. The SMILES string of the molecule is CC(C)(C)c1ccc(-c2[c-]ncc3c4c(sc23)CCCC4)nc1.[Ir].[c-]1ccccc1-c1ccccn1. The van der Waals surface area contributed by atoms with Crippen molar-refractivity contribution in [3.8, 4) is 22.5 Å². The maximum Gasteiger partial charge on any atom is 0.0198 e. The average Bonchev–Trinajstić information content (AvgIpc) is 3.29. The molecular weight excluding hydrogens is 639 g/mol. The molecule has 4 aromatic heterocycles. The van der Waals surface area contributed by atoms with Gasteiger partial charge >= 0.3 is 0 Å². The molecule has 0 saturated carbocycles. The molecule has 0 amide bonds. The Labute approximate surface area is 231 Å². The van der Waals surface area contributed by atoms with Gasteiger partial charge in [-0.3, -0.25) is 0 Å². The summed E-state index contributed by atoms with van der Waals surface area (Å²) >= 11 is 1.92. The standard InChI is InChI=1S/C20H21N2S.C11H8N.Ir/c1-20(2,3)13-8-9-17(22-10-13)16-12-21-11-15-14-6-4-5-7-18(14)23-19(15)16;1-2-6-10(7-3-1)11-8-4-5-9-12-11;/h8-11H,4-7H2,1-3H3;1-6,8-9H;/q2*-1;. The van der Waals surface area contributed by atoms with Gasteiger partial charge < -0.3 is 15.0 Å². The first kappa shape index (κ1) is 26.3. The molecule has 5 heteroatoms. The van der Waals surface area contributed by atoms with Crippen molar-refractivity contribution in [2.75, 3.05) is 0 Å². The molecule has 1 aromatic carbocycles. The van der Waals surface area contributed by atoms with Crippen LogP contribution in [0.25, 0.3) is 32.6 Å². The zero-order chi connectivity index (χ0) is 24.3. The van der Waals surface area contributed by atoms with Gasteiger partial charge in [-0.15, -0.1) is 35.9 Å². The van der Waals surface area contributed by atoms with E-state index in [1.807, 2.05) is 66.2 Å². The zero-order valence-corrected chi connectivity index (χ0v) is 24.1. The minimum Gasteiger partial charge on any atom is -0.359 e. The first-order valence-corrected chi connectivity index (χ1v) is 13.0. The molecule has 0 bridgehead atoms. The van der Waals surface area contributed by atoms with Gasteiger partial charge in [0.1, 0.15) is 0 Å². The van der Waals surface area contributed by atoms with Gasteiger partial charge in [0.2, 0.25) is 0 Å². The van der Waals surface area contributed by atoms with E-state index in [9.17, 15) is 0 Å².